The van der Waals surface area contributed by atoms with Crippen LogP contribution in [0.5, 0.6) is 23.0 Å². The fourth-order valence-electron chi connectivity index (χ4n) is 14.4. The predicted octanol–water partition coefficient (Wildman–Crippen LogP) is 5.73. The molecule has 0 aromatic heterocycles. The molecule has 12 heteroatoms. The molecular formula is C49H60O12. The minimum Gasteiger partial charge on any atom is -0.487 e. The molecule has 4 bridgehead atoms. The standard InChI is InChI=1S/C49H60O12/c1-44-10-9-33(50)20-31(44)4-6-34-36-22-35(43(52)45(36,2)23-37(51)42(34)44)30-3-7-38-40(19-30)60-17-13-56-12-16-59-39-8-5-32(21-41(39)61-18-14-57-11-15-58-38)46-24-47(53)27-48(54,25-46)29-49(55,26-46)28-47/h3,5,7-8,19-21,34-36,42,53-55H,4,6,9-18,22-29H2,1-2H3/t34?,35?,36?,42?,44-,45-,46?,47?,48?,49?/m0/s1. The zero-order chi connectivity index (χ0) is 42.4. The summed E-state index contributed by atoms with van der Waals surface area (Å²) in [5.74, 6) is 2.23. The normalized spacial score (nSPS) is 41.2. The molecule has 0 radical (unpaired) electrons. The highest BCUT2D eigenvalue weighted by Gasteiger charge is 2.68. The lowest BCUT2D eigenvalue weighted by molar-refractivity contribution is -0.261. The summed E-state index contributed by atoms with van der Waals surface area (Å²) in [6, 6.07) is 11.5. The van der Waals surface area contributed by atoms with Crippen molar-refractivity contribution in [1.82, 2.24) is 0 Å². The van der Waals surface area contributed by atoms with E-state index in [1.807, 2.05) is 43.3 Å². The minimum atomic E-state index is -1.12. The highest BCUT2D eigenvalue weighted by atomic mass is 16.6. The average molecular weight is 841 g/mol. The molecule has 11 rings (SSSR count). The summed E-state index contributed by atoms with van der Waals surface area (Å²) in [6.07, 6.45) is 7.79. The average Bonchev–Trinajstić information content (AvgIpc) is 3.45. The van der Waals surface area contributed by atoms with E-state index >= 15 is 0 Å². The van der Waals surface area contributed by atoms with Crippen molar-refractivity contribution in [3.63, 3.8) is 0 Å². The Morgan fingerprint density at radius 2 is 1.18 bits per heavy atom. The number of ether oxygens (including phenoxy) is 6. The molecule has 8 aliphatic carbocycles. The number of ketones is 3. The van der Waals surface area contributed by atoms with Crippen molar-refractivity contribution in [2.45, 2.75) is 119 Å². The van der Waals surface area contributed by atoms with Gasteiger partial charge in [-0.3, -0.25) is 14.4 Å². The summed E-state index contributed by atoms with van der Waals surface area (Å²) in [5.41, 5.74) is -2.11. The lowest BCUT2D eigenvalue weighted by Crippen LogP contribution is -2.70. The second-order valence-corrected chi connectivity index (χ2v) is 20.6. The minimum absolute atomic E-state index is 0.0831. The highest BCUT2D eigenvalue weighted by molar-refractivity contribution is 6.00. The summed E-state index contributed by atoms with van der Waals surface area (Å²) in [7, 11) is 0. The Bertz CT molecular complexity index is 2090. The molecule has 61 heavy (non-hydrogen) atoms. The van der Waals surface area contributed by atoms with Gasteiger partial charge in [0, 0.05) is 54.8 Å². The number of carbonyl (C=O) groups excluding carboxylic acids is 3. The molecule has 2 aromatic rings. The van der Waals surface area contributed by atoms with Crippen LogP contribution in [0.3, 0.4) is 0 Å². The summed E-state index contributed by atoms with van der Waals surface area (Å²) in [4.78, 5) is 40.8. The van der Waals surface area contributed by atoms with Gasteiger partial charge in [0.2, 0.25) is 0 Å². The highest BCUT2D eigenvalue weighted by Crippen LogP contribution is 2.67. The number of hydrogen-bond donors (Lipinski definition) is 3. The number of benzene rings is 2. The molecule has 3 N–H and O–H groups in total. The molecule has 6 atom stereocenters. The van der Waals surface area contributed by atoms with Crippen molar-refractivity contribution in [2.75, 3.05) is 52.9 Å². The van der Waals surface area contributed by atoms with Gasteiger partial charge in [-0.05, 0) is 104 Å². The van der Waals surface area contributed by atoms with Crippen molar-refractivity contribution in [2.24, 2.45) is 28.6 Å². The van der Waals surface area contributed by atoms with Gasteiger partial charge >= 0.3 is 0 Å². The van der Waals surface area contributed by atoms with Crippen LogP contribution in [-0.2, 0) is 29.3 Å². The van der Waals surface area contributed by atoms with Crippen LogP contribution in [0, 0.1) is 28.6 Å². The molecule has 328 valence electrons. The van der Waals surface area contributed by atoms with Gasteiger partial charge in [-0.2, -0.15) is 0 Å². The smallest absolute Gasteiger partial charge is 0.161 e. The van der Waals surface area contributed by atoms with E-state index in [0.717, 1.165) is 29.5 Å². The first kappa shape index (κ1) is 41.2. The lowest BCUT2D eigenvalue weighted by Gasteiger charge is -2.66. The number of fused-ring (bicyclic) bond motifs is 7. The number of hydrogen-bond acceptors (Lipinski definition) is 12. The molecule has 1 heterocycles. The van der Waals surface area contributed by atoms with Gasteiger partial charge in [-0.15, -0.1) is 0 Å². The monoisotopic (exact) mass is 840 g/mol. The largest absolute Gasteiger partial charge is 0.487 e. The Balaban J connectivity index is 0.813. The SMILES string of the molecule is C[C@]12CCC(=O)C=C1CCC1C2C(=O)C[C@]2(C)C(=O)C(c3ccc4c(c3)OCCOCCOc3ccc(C56CC7(O)CC(O)(CC(O)(C7)C5)C6)cc3OCCOCCO4)CC12. The van der Waals surface area contributed by atoms with E-state index in [1.54, 1.807) is 6.08 Å². The maximum atomic E-state index is 14.4. The Morgan fingerprint density at radius 1 is 0.623 bits per heavy atom. The molecule has 2 aromatic carbocycles. The van der Waals surface area contributed by atoms with Crippen molar-refractivity contribution < 1.29 is 58.1 Å². The van der Waals surface area contributed by atoms with Gasteiger partial charge in [0.25, 0.3) is 0 Å². The van der Waals surface area contributed by atoms with Crippen LogP contribution < -0.4 is 18.9 Å². The zero-order valence-corrected chi connectivity index (χ0v) is 35.5. The molecular weight excluding hydrogens is 781 g/mol. The van der Waals surface area contributed by atoms with E-state index < -0.39 is 27.6 Å². The van der Waals surface area contributed by atoms with Gasteiger partial charge in [-0.25, -0.2) is 0 Å². The lowest BCUT2D eigenvalue weighted by atomic mass is 9.43. The molecule has 9 aliphatic rings. The Kier molecular flexibility index (Phi) is 10.1. The number of Topliss-reactive ketones (excluding diaryl/α,β-unsaturated/α-hetero) is 2. The molecule has 12 nitrogen and oxygen atoms in total. The van der Waals surface area contributed by atoms with E-state index in [9.17, 15) is 29.7 Å². The molecule has 1 aliphatic heterocycles. The Labute approximate surface area is 357 Å². The van der Waals surface area contributed by atoms with Crippen LogP contribution in [-0.4, -0.2) is 102 Å². The van der Waals surface area contributed by atoms with E-state index in [-0.39, 0.29) is 125 Å². The predicted molar refractivity (Wildman–Crippen MR) is 221 cm³/mol. The van der Waals surface area contributed by atoms with Gasteiger partial charge < -0.3 is 43.7 Å². The third-order valence-corrected chi connectivity index (χ3v) is 16.3. The molecule has 0 saturated heterocycles. The molecule has 7 saturated carbocycles. The third kappa shape index (κ3) is 7.12. The van der Waals surface area contributed by atoms with Crippen LogP contribution >= 0.6 is 0 Å². The van der Waals surface area contributed by atoms with E-state index in [4.69, 9.17) is 28.4 Å². The number of carbonyl (C=O) groups is 3. The maximum absolute atomic E-state index is 14.4. The van der Waals surface area contributed by atoms with Gasteiger partial charge in [-0.1, -0.05) is 31.6 Å². The van der Waals surface area contributed by atoms with Gasteiger partial charge in [0.1, 0.15) is 38.0 Å². The Morgan fingerprint density at radius 3 is 1.79 bits per heavy atom. The molecule has 4 unspecified atom stereocenters. The van der Waals surface area contributed by atoms with E-state index in [2.05, 4.69) is 6.92 Å². The molecule has 0 spiro atoms. The van der Waals surface area contributed by atoms with Crippen molar-refractivity contribution in [1.29, 1.82) is 0 Å². The zero-order valence-electron chi connectivity index (χ0n) is 35.5. The first-order valence-electron chi connectivity index (χ1n) is 22.6. The van der Waals surface area contributed by atoms with Crippen molar-refractivity contribution >= 4 is 17.3 Å². The number of allylic oxidation sites excluding steroid dienone is 1. The Hall–Kier alpha value is -3.81. The molecule has 7 fully saturated rings. The van der Waals surface area contributed by atoms with Gasteiger partial charge in [0.05, 0.1) is 43.2 Å². The van der Waals surface area contributed by atoms with Gasteiger partial charge in [0.15, 0.2) is 28.8 Å². The quantitative estimate of drug-likeness (QED) is 0.337. The van der Waals surface area contributed by atoms with Crippen LogP contribution in [0.25, 0.3) is 0 Å². The fraction of sp³-hybridized carbons (Fsp3) is 0.653. The van der Waals surface area contributed by atoms with Crippen molar-refractivity contribution in [3.8, 4) is 23.0 Å². The second-order valence-electron chi connectivity index (χ2n) is 20.6. The molecule has 0 amide bonds. The second kappa shape index (κ2) is 14.9. The summed E-state index contributed by atoms with van der Waals surface area (Å²) >= 11 is 0. The number of rotatable bonds is 2. The van der Waals surface area contributed by atoms with Crippen LogP contribution in [0.1, 0.15) is 108 Å². The van der Waals surface area contributed by atoms with E-state index in [1.165, 1.54) is 0 Å². The topological polar surface area (TPSA) is 167 Å². The van der Waals surface area contributed by atoms with Crippen molar-refractivity contribution in [3.05, 3.63) is 59.2 Å². The number of aliphatic hydroxyl groups is 3. The summed E-state index contributed by atoms with van der Waals surface area (Å²) in [6.45, 7) is 6.31. The van der Waals surface area contributed by atoms with Crippen LogP contribution in [0.4, 0.5) is 0 Å². The van der Waals surface area contributed by atoms with Crippen LogP contribution in [0.15, 0.2) is 48.0 Å². The van der Waals surface area contributed by atoms with E-state index in [0.29, 0.717) is 61.5 Å². The van der Waals surface area contributed by atoms with Crippen LogP contribution in [0.2, 0.25) is 0 Å². The third-order valence-electron chi connectivity index (χ3n) is 16.3. The summed E-state index contributed by atoms with van der Waals surface area (Å²) < 4.78 is 36.7. The maximum Gasteiger partial charge on any atom is 0.161 e. The summed E-state index contributed by atoms with van der Waals surface area (Å²) in [5, 5.41) is 34.3. The fourth-order valence-corrected chi connectivity index (χ4v) is 14.4. The first-order chi connectivity index (χ1) is 29.1. The first-order valence-corrected chi connectivity index (χ1v) is 22.6.